The predicted octanol–water partition coefficient (Wildman–Crippen LogP) is 6.64. The van der Waals surface area contributed by atoms with E-state index in [1.54, 1.807) is 53.4 Å². The van der Waals surface area contributed by atoms with Crippen molar-refractivity contribution in [3.05, 3.63) is 95.6 Å². The van der Waals surface area contributed by atoms with Crippen LogP contribution in [-0.2, 0) is 44.7 Å². The molecule has 1 saturated carbocycles. The fraction of sp³-hybridized carbons (Fsp3) is 0.475. The second-order valence-corrected chi connectivity index (χ2v) is 23.9. The maximum Gasteiger partial charge on any atom is 0.524 e. The fourth-order valence-corrected chi connectivity index (χ4v) is 12.6. The SMILES string of the molecule is COc1cc2c(cc1OCCCCCC(=O)N1C[C@@H](CCl)c3c1cc(OP(=O)(O)O)c1ccccc31)N(C(=O)OCc1ccc(NC(=O)C(CCCCN)NC(=O)C3(C(=O)NCCCCCN4C(=O)C=CC4=O)CCC3)cc1)C(O)[C@@H]1CCCN1C2=O. The maximum atomic E-state index is 14.3. The minimum atomic E-state index is -4.93. The van der Waals surface area contributed by atoms with Gasteiger partial charge in [0.2, 0.25) is 23.6 Å². The summed E-state index contributed by atoms with van der Waals surface area (Å²) in [5, 5.41) is 21.6. The largest absolute Gasteiger partial charge is 0.524 e. The molecule has 4 aliphatic heterocycles. The molecule has 1 aliphatic carbocycles. The third kappa shape index (κ3) is 14.5. The van der Waals surface area contributed by atoms with Gasteiger partial charge in [0.1, 0.15) is 23.8 Å². The number of aliphatic hydroxyl groups excluding tert-OH is 1. The number of fused-ring (bicyclic) bond motifs is 5. The molecule has 0 spiro atoms. The van der Waals surface area contributed by atoms with Gasteiger partial charge in [0.15, 0.2) is 17.7 Å². The van der Waals surface area contributed by atoms with Gasteiger partial charge in [-0.05, 0) is 125 Å². The first-order valence-electron chi connectivity index (χ1n) is 29.6. The highest BCUT2D eigenvalue weighted by molar-refractivity contribution is 7.46. The quantitative estimate of drug-likeness (QED) is 0.0103. The number of imide groups is 1. The third-order valence-electron chi connectivity index (χ3n) is 16.7. The Morgan fingerprint density at radius 3 is 2.25 bits per heavy atom. The molecule has 4 atom stereocenters. The normalized spacial score (nSPS) is 18.8. The first-order chi connectivity index (χ1) is 41.9. The number of benzene rings is 4. The van der Waals surface area contributed by atoms with Crippen LogP contribution in [0.15, 0.2) is 78.9 Å². The molecule has 0 aromatic heterocycles. The molecule has 87 heavy (non-hydrogen) atoms. The van der Waals surface area contributed by atoms with E-state index in [1.807, 2.05) is 0 Å². The number of nitrogens with zero attached hydrogens (tertiary/aromatic N) is 4. The smallest absolute Gasteiger partial charge is 0.493 e. The van der Waals surface area contributed by atoms with Crippen molar-refractivity contribution in [1.82, 2.24) is 20.4 Å². The van der Waals surface area contributed by atoms with E-state index in [9.17, 15) is 57.8 Å². The summed E-state index contributed by atoms with van der Waals surface area (Å²) >= 11 is 6.41. The second kappa shape index (κ2) is 28.5. The lowest BCUT2D eigenvalue weighted by Gasteiger charge is -2.39. The molecule has 4 aromatic carbocycles. The lowest BCUT2D eigenvalue weighted by atomic mass is 9.67. The number of anilines is 3. The molecule has 8 N–H and O–H groups in total. The molecule has 4 heterocycles. The van der Waals surface area contributed by atoms with Crippen molar-refractivity contribution in [3.63, 3.8) is 0 Å². The van der Waals surface area contributed by atoms with E-state index in [4.69, 9.17) is 36.1 Å². The zero-order chi connectivity index (χ0) is 62.0. The van der Waals surface area contributed by atoms with Crippen LogP contribution in [0.4, 0.5) is 21.9 Å². The fourth-order valence-electron chi connectivity index (χ4n) is 11.9. The zero-order valence-electron chi connectivity index (χ0n) is 48.4. The first-order valence-corrected chi connectivity index (χ1v) is 31.6. The van der Waals surface area contributed by atoms with Crippen LogP contribution < -0.4 is 45.5 Å². The van der Waals surface area contributed by atoms with Crippen molar-refractivity contribution in [2.24, 2.45) is 11.1 Å². The summed E-state index contributed by atoms with van der Waals surface area (Å²) in [7, 11) is -3.52. The number of aliphatic hydroxyl groups is 1. The van der Waals surface area contributed by atoms with Crippen LogP contribution in [0.25, 0.3) is 10.8 Å². The number of nitrogens with two attached hydrogens (primary N) is 1. The molecule has 8 amide bonds. The molecular formula is C61H74ClN8O16P. The van der Waals surface area contributed by atoms with Crippen molar-refractivity contribution in [2.75, 3.05) is 67.4 Å². The maximum absolute atomic E-state index is 14.3. The van der Waals surface area contributed by atoms with Gasteiger partial charge in [0.25, 0.3) is 17.7 Å². The highest BCUT2D eigenvalue weighted by Gasteiger charge is 2.51. The van der Waals surface area contributed by atoms with Crippen molar-refractivity contribution >= 4 is 94.7 Å². The monoisotopic (exact) mass is 1240 g/mol. The second-order valence-electron chi connectivity index (χ2n) is 22.4. The van der Waals surface area contributed by atoms with Crippen LogP contribution in [-0.4, -0.2) is 143 Å². The summed E-state index contributed by atoms with van der Waals surface area (Å²) in [6.45, 7) is 1.47. The topological polar surface area (TPSA) is 326 Å². The minimum absolute atomic E-state index is 0.0458. The number of ether oxygens (including phenoxy) is 3. The molecule has 0 radical (unpaired) electrons. The Morgan fingerprint density at radius 2 is 1.56 bits per heavy atom. The van der Waals surface area contributed by atoms with E-state index < -0.39 is 61.3 Å². The van der Waals surface area contributed by atoms with Crippen LogP contribution in [0.3, 0.4) is 0 Å². The number of carbonyl (C=O) groups excluding carboxylic acids is 8. The van der Waals surface area contributed by atoms with Crippen LogP contribution in [0.2, 0.25) is 0 Å². The van der Waals surface area contributed by atoms with E-state index in [1.165, 1.54) is 47.3 Å². The minimum Gasteiger partial charge on any atom is -0.493 e. The Kier molecular flexibility index (Phi) is 20.9. The van der Waals surface area contributed by atoms with E-state index in [-0.39, 0.29) is 97.2 Å². The number of amides is 8. The number of phosphoric acid groups is 1. The highest BCUT2D eigenvalue weighted by atomic mass is 35.5. The number of rotatable bonds is 28. The first kappa shape index (κ1) is 63.9. The number of alkyl halides is 1. The number of phosphoric ester groups is 1. The van der Waals surface area contributed by atoms with Gasteiger partial charge in [-0.15, -0.1) is 11.6 Å². The molecular weight excluding hydrogens is 1170 g/mol. The Bertz CT molecular complexity index is 3320. The number of hydrogen-bond acceptors (Lipinski definition) is 15. The van der Waals surface area contributed by atoms with Gasteiger partial charge >= 0.3 is 13.9 Å². The van der Waals surface area contributed by atoms with Gasteiger partial charge in [-0.3, -0.25) is 48.2 Å². The Hall–Kier alpha value is -7.60. The number of nitrogens with one attached hydrogen (secondary N) is 3. The van der Waals surface area contributed by atoms with Gasteiger partial charge in [0, 0.05) is 79.8 Å². The van der Waals surface area contributed by atoms with Gasteiger partial charge in [-0.2, -0.15) is 0 Å². The number of halogens is 1. The third-order valence-corrected chi connectivity index (χ3v) is 17.5. The molecule has 5 aliphatic rings. The summed E-state index contributed by atoms with van der Waals surface area (Å²) in [6.07, 6.45) is 7.17. The van der Waals surface area contributed by atoms with Crippen molar-refractivity contribution in [2.45, 2.75) is 127 Å². The molecule has 2 unspecified atom stereocenters. The Balaban J connectivity index is 0.793. The summed E-state index contributed by atoms with van der Waals surface area (Å²) in [5.41, 5.74) is 6.74. The van der Waals surface area contributed by atoms with E-state index in [0.29, 0.717) is 131 Å². The molecule has 4 aromatic rings. The summed E-state index contributed by atoms with van der Waals surface area (Å²) in [6, 6.07) is 16.2. The molecule has 2 fully saturated rings. The van der Waals surface area contributed by atoms with Crippen molar-refractivity contribution in [1.29, 1.82) is 0 Å². The van der Waals surface area contributed by atoms with Crippen molar-refractivity contribution in [3.8, 4) is 17.2 Å². The molecule has 0 bridgehead atoms. The standard InChI is InChI=1S/C61H74ClN8O16P/c1-83-49-32-43-46(33-50(49)84-31-11-2-4-18-51(71)69-36-39(35-62)54-42-15-6-5-14-41(42)48(34-47(54)69)86-87(80,81)82)70(57(76)45-17-12-30-67(45)56(43)75)60(79)85-37-38-19-21-40(22-20-38)65-55(74)44(16-7-8-27-63)66-59(78)61(25-13-26-61)58(77)64-28-9-3-10-29-68-52(72)23-24-53(68)73/h5-6,14-15,19-24,32-34,39,44-45,57,76H,2-4,7-13,16-18,25-31,35-37,63H2,1H3,(H,64,77)(H,65,74)(H,66,78)(H2,80,81,82)/t39-,44?,45+,57?/m1/s1. The van der Waals surface area contributed by atoms with Crippen LogP contribution in [0, 0.1) is 5.41 Å². The molecule has 9 rings (SSSR count). The number of hydrogen-bond donors (Lipinski definition) is 7. The van der Waals surface area contributed by atoms with E-state index >= 15 is 0 Å². The highest BCUT2D eigenvalue weighted by Crippen LogP contribution is 2.50. The Labute approximate surface area is 508 Å². The number of methoxy groups -OCH3 is 1. The lowest BCUT2D eigenvalue weighted by molar-refractivity contribution is -0.151. The van der Waals surface area contributed by atoms with Crippen molar-refractivity contribution < 1.29 is 76.5 Å². The van der Waals surface area contributed by atoms with E-state index in [2.05, 4.69) is 16.0 Å². The molecule has 24 nitrogen and oxygen atoms in total. The van der Waals surface area contributed by atoms with Gasteiger partial charge < -0.3 is 55.3 Å². The number of unbranched alkanes of at least 4 members (excludes halogenated alkanes) is 5. The van der Waals surface area contributed by atoms with Gasteiger partial charge in [-0.1, -0.05) is 42.8 Å². The average molecular weight is 1240 g/mol. The van der Waals surface area contributed by atoms with Crippen LogP contribution in [0.1, 0.15) is 124 Å². The van der Waals surface area contributed by atoms with Crippen LogP contribution in [0.5, 0.6) is 17.2 Å². The molecule has 1 saturated heterocycles. The molecule has 466 valence electrons. The van der Waals surface area contributed by atoms with Gasteiger partial charge in [-0.25, -0.2) is 14.3 Å². The van der Waals surface area contributed by atoms with E-state index in [0.717, 1.165) is 10.5 Å². The average Bonchev–Trinajstić information content (AvgIpc) is 1.77. The molecule has 26 heteroatoms. The summed E-state index contributed by atoms with van der Waals surface area (Å²) in [4.78, 5) is 132. The lowest BCUT2D eigenvalue weighted by Crippen LogP contribution is -2.58. The summed E-state index contributed by atoms with van der Waals surface area (Å²) < 4.78 is 34.7. The predicted molar refractivity (Wildman–Crippen MR) is 321 cm³/mol. The zero-order valence-corrected chi connectivity index (χ0v) is 50.1. The summed E-state index contributed by atoms with van der Waals surface area (Å²) in [5.74, 6) is -2.43. The van der Waals surface area contributed by atoms with Crippen LogP contribution >= 0.6 is 19.4 Å². The number of carbonyl (C=O) groups is 8. The van der Waals surface area contributed by atoms with Gasteiger partial charge in [0.05, 0.1) is 36.7 Å². The Morgan fingerprint density at radius 1 is 0.839 bits per heavy atom.